The summed E-state index contributed by atoms with van der Waals surface area (Å²) in [5.41, 5.74) is 1.98. The first-order valence-electron chi connectivity index (χ1n) is 12.4. The molecule has 0 radical (unpaired) electrons. The molecule has 204 valence electrons. The Kier molecular flexibility index (Phi) is 5.67. The van der Waals surface area contributed by atoms with Crippen molar-refractivity contribution in [3.8, 4) is 53.4 Å². The van der Waals surface area contributed by atoms with Crippen LogP contribution in [0.25, 0.3) is 83.0 Å². The summed E-state index contributed by atoms with van der Waals surface area (Å²) in [6.07, 6.45) is 0. The number of fused-ring (bicyclic) bond motifs is 3. The number of nitriles is 3. The maximum Gasteiger partial charge on any atom is 0.266 e. The zero-order valence-electron chi connectivity index (χ0n) is 22.1. The number of oxazole rings is 3. The predicted octanol–water partition coefficient (Wildman–Crippen LogP) is 6.56. The van der Waals surface area contributed by atoms with Gasteiger partial charge in [0.25, 0.3) is 17.7 Å². The van der Waals surface area contributed by atoms with E-state index in [1.165, 1.54) is 36.4 Å². The molecule has 0 amide bonds. The molecular formula is C30H6N12O3. The van der Waals surface area contributed by atoms with Gasteiger partial charge >= 0.3 is 0 Å². The SMILES string of the molecule is [C-]#[N+]c1cc2oc(-c3nc(-c4nc5cc(C#N)c(C#N)cc5o4)nc(-c4nc5cc([N+]#[C-])c([N+]#[C-])cc5o4)n3)nc2cc1C#N. The van der Waals surface area contributed by atoms with Crippen molar-refractivity contribution in [1.82, 2.24) is 29.9 Å². The Morgan fingerprint density at radius 3 is 1.31 bits per heavy atom. The molecule has 7 aromatic rings. The molecule has 0 aliphatic carbocycles. The standard InChI is InChI=1S/C30H6N12O3/c1-34-16-8-23-20(5-15(16)12-33)38-29(44-23)26-40-25(28-37-19-4-13(10-31)14(11-32)6-22(19)43-28)41-27(42-26)30-39-21-7-17(35-2)18(36-3)9-24(21)45-30/h4-9H. The zero-order valence-corrected chi connectivity index (χ0v) is 22.1. The topological polar surface area (TPSA) is 201 Å². The van der Waals surface area contributed by atoms with E-state index < -0.39 is 0 Å². The molecule has 0 aliphatic heterocycles. The Morgan fingerprint density at radius 2 is 0.844 bits per heavy atom. The highest BCUT2D eigenvalue weighted by Crippen LogP contribution is 2.36. The number of rotatable bonds is 3. The van der Waals surface area contributed by atoms with Gasteiger partial charge < -0.3 is 13.3 Å². The maximum absolute atomic E-state index is 9.42. The molecule has 4 aromatic heterocycles. The molecular weight excluding hydrogens is 576 g/mol. The van der Waals surface area contributed by atoms with Gasteiger partial charge in [-0.25, -0.2) is 24.6 Å². The van der Waals surface area contributed by atoms with E-state index in [-0.39, 0.29) is 102 Å². The largest absolute Gasteiger partial charge is 0.435 e. The van der Waals surface area contributed by atoms with Crippen LogP contribution in [-0.4, -0.2) is 29.9 Å². The average Bonchev–Trinajstić information content (AvgIpc) is 3.81. The third-order valence-electron chi connectivity index (χ3n) is 6.45. The Labute approximate surface area is 250 Å². The third-order valence-corrected chi connectivity index (χ3v) is 6.45. The smallest absolute Gasteiger partial charge is 0.266 e. The molecule has 4 heterocycles. The first kappa shape index (κ1) is 26.0. The molecule has 0 unspecified atom stereocenters. The van der Waals surface area contributed by atoms with Gasteiger partial charge in [0.1, 0.15) is 34.3 Å². The second kappa shape index (κ2) is 9.83. The van der Waals surface area contributed by atoms with Crippen molar-refractivity contribution in [3.05, 3.63) is 87.3 Å². The van der Waals surface area contributed by atoms with Crippen LogP contribution in [0.1, 0.15) is 16.7 Å². The van der Waals surface area contributed by atoms with E-state index in [1.807, 2.05) is 18.2 Å². The number of benzene rings is 3. The van der Waals surface area contributed by atoms with E-state index in [4.69, 9.17) is 33.0 Å². The van der Waals surface area contributed by atoms with E-state index >= 15 is 0 Å². The van der Waals surface area contributed by atoms with Crippen LogP contribution in [0.5, 0.6) is 0 Å². The van der Waals surface area contributed by atoms with Crippen molar-refractivity contribution < 1.29 is 13.3 Å². The lowest BCUT2D eigenvalue weighted by Crippen LogP contribution is -2.00. The van der Waals surface area contributed by atoms with Gasteiger partial charge in [-0.1, -0.05) is 0 Å². The summed E-state index contributed by atoms with van der Waals surface area (Å²) in [6, 6.07) is 14.2. The monoisotopic (exact) mass is 582 g/mol. The van der Waals surface area contributed by atoms with Crippen molar-refractivity contribution >= 4 is 50.4 Å². The highest BCUT2D eigenvalue weighted by molar-refractivity contribution is 5.88. The molecule has 0 saturated heterocycles. The Balaban J connectivity index is 1.45. The molecule has 0 bridgehead atoms. The van der Waals surface area contributed by atoms with Gasteiger partial charge in [0, 0.05) is 6.07 Å². The molecule has 15 heteroatoms. The average molecular weight is 582 g/mol. The van der Waals surface area contributed by atoms with Crippen LogP contribution in [0.3, 0.4) is 0 Å². The summed E-state index contributed by atoms with van der Waals surface area (Å²) < 4.78 is 17.6. The van der Waals surface area contributed by atoms with Crippen LogP contribution in [-0.2, 0) is 0 Å². The van der Waals surface area contributed by atoms with Crippen LogP contribution in [0.4, 0.5) is 17.1 Å². The van der Waals surface area contributed by atoms with Crippen LogP contribution < -0.4 is 0 Å². The number of aromatic nitrogens is 6. The fourth-order valence-electron chi connectivity index (χ4n) is 4.39. The van der Waals surface area contributed by atoms with E-state index in [1.54, 1.807) is 0 Å². The third kappa shape index (κ3) is 4.17. The molecule has 0 fully saturated rings. The summed E-state index contributed by atoms with van der Waals surface area (Å²) in [5, 5.41) is 28.2. The lowest BCUT2D eigenvalue weighted by Gasteiger charge is -2.01. The van der Waals surface area contributed by atoms with E-state index in [9.17, 15) is 15.8 Å². The lowest BCUT2D eigenvalue weighted by molar-refractivity contribution is 0.597. The normalized spacial score (nSPS) is 10.5. The first-order chi connectivity index (χ1) is 21.9. The predicted molar refractivity (Wildman–Crippen MR) is 152 cm³/mol. The van der Waals surface area contributed by atoms with Crippen molar-refractivity contribution in [1.29, 1.82) is 15.8 Å². The van der Waals surface area contributed by atoms with Crippen molar-refractivity contribution in [2.24, 2.45) is 0 Å². The number of hydrogen-bond donors (Lipinski definition) is 0. The Morgan fingerprint density at radius 1 is 0.467 bits per heavy atom. The van der Waals surface area contributed by atoms with E-state index in [0.29, 0.717) is 0 Å². The summed E-state index contributed by atoms with van der Waals surface area (Å²) >= 11 is 0. The molecule has 45 heavy (non-hydrogen) atoms. The maximum atomic E-state index is 9.42. The Bertz CT molecular complexity index is 2230. The second-order valence-electron chi connectivity index (χ2n) is 9.05. The zero-order chi connectivity index (χ0) is 31.2. The number of hydrogen-bond acceptors (Lipinski definition) is 12. The number of nitrogens with zero attached hydrogens (tertiary/aromatic N) is 12. The van der Waals surface area contributed by atoms with Crippen LogP contribution >= 0.6 is 0 Å². The summed E-state index contributed by atoms with van der Waals surface area (Å²) in [5.74, 6) is -0.639. The van der Waals surface area contributed by atoms with E-state index in [0.717, 1.165) is 0 Å². The second-order valence-corrected chi connectivity index (χ2v) is 9.05. The minimum absolute atomic E-state index is 0.0775. The van der Waals surface area contributed by atoms with E-state index in [2.05, 4.69) is 44.4 Å². The van der Waals surface area contributed by atoms with Gasteiger partial charge in [-0.15, -0.1) is 0 Å². The Hall–Kier alpha value is -7.98. The minimum atomic E-state index is -0.115. The van der Waals surface area contributed by atoms with Gasteiger partial charge in [-0.3, -0.25) is 4.85 Å². The van der Waals surface area contributed by atoms with Gasteiger partial charge in [0.05, 0.1) is 48.0 Å². The minimum Gasteiger partial charge on any atom is -0.435 e. The van der Waals surface area contributed by atoms with Crippen LogP contribution in [0.2, 0.25) is 0 Å². The molecule has 7 rings (SSSR count). The first-order valence-corrected chi connectivity index (χ1v) is 12.4. The molecule has 0 aliphatic rings. The summed E-state index contributed by atoms with van der Waals surface area (Å²) in [4.78, 5) is 36.6. The highest BCUT2D eigenvalue weighted by Gasteiger charge is 2.23. The van der Waals surface area contributed by atoms with Crippen LogP contribution in [0, 0.1) is 53.7 Å². The quantitative estimate of drug-likeness (QED) is 0.203. The molecule has 0 spiro atoms. The molecule has 0 N–H and O–H groups in total. The molecule has 15 nitrogen and oxygen atoms in total. The lowest BCUT2D eigenvalue weighted by atomic mass is 10.1. The summed E-state index contributed by atoms with van der Waals surface area (Å²) in [6.45, 7) is 22.1. The van der Waals surface area contributed by atoms with Crippen molar-refractivity contribution in [2.75, 3.05) is 0 Å². The van der Waals surface area contributed by atoms with Crippen molar-refractivity contribution in [3.63, 3.8) is 0 Å². The fraction of sp³-hybridized carbons (Fsp3) is 0. The molecule has 0 atom stereocenters. The molecule has 3 aromatic carbocycles. The highest BCUT2D eigenvalue weighted by atomic mass is 16.4. The molecule has 0 saturated carbocycles. The van der Waals surface area contributed by atoms with Gasteiger partial charge in [0.2, 0.25) is 23.2 Å². The summed E-state index contributed by atoms with van der Waals surface area (Å²) in [7, 11) is 0. The fourth-order valence-corrected chi connectivity index (χ4v) is 4.39. The van der Waals surface area contributed by atoms with Gasteiger partial charge in [-0.05, 0) is 30.3 Å². The van der Waals surface area contributed by atoms with Gasteiger partial charge in [0.15, 0.2) is 17.0 Å². The van der Waals surface area contributed by atoms with Gasteiger partial charge in [-0.2, -0.15) is 30.7 Å². The van der Waals surface area contributed by atoms with Crippen LogP contribution in [0.15, 0.2) is 49.6 Å². The van der Waals surface area contributed by atoms with Crippen molar-refractivity contribution in [2.45, 2.75) is 0 Å².